The largest absolute Gasteiger partial charge is 0.146 e. The maximum atomic E-state index is 6.08. The van der Waals surface area contributed by atoms with Gasteiger partial charge < -0.3 is 0 Å². The number of hydrogen-bond acceptors (Lipinski definition) is 0. The van der Waals surface area contributed by atoms with Crippen molar-refractivity contribution in [2.75, 3.05) is 0 Å². The zero-order chi connectivity index (χ0) is 15.5. The third kappa shape index (κ3) is 3.69. The Kier molecular flexibility index (Phi) is 6.38. The molecule has 1 aromatic rings. The highest BCUT2D eigenvalue weighted by atomic mass is 79.9. The first kappa shape index (κ1) is 17.8. The Balaban J connectivity index is 3.34. The minimum absolute atomic E-state index is 0.646. The average Bonchev–Trinajstić information content (AvgIpc) is 2.32. The topological polar surface area (TPSA) is 0 Å². The first-order valence-electron chi connectivity index (χ1n) is 7.20. The van der Waals surface area contributed by atoms with Gasteiger partial charge in [-0.05, 0) is 50.8 Å². The summed E-state index contributed by atoms with van der Waals surface area (Å²) in [5.41, 5.74) is 6.65. The van der Waals surface area contributed by atoms with Crippen LogP contribution >= 0.6 is 27.5 Å². The first-order chi connectivity index (χ1) is 9.21. The summed E-state index contributed by atoms with van der Waals surface area (Å²) in [6.07, 6.45) is 0. The van der Waals surface area contributed by atoms with Gasteiger partial charge in [-0.25, -0.2) is 0 Å². The smallest absolute Gasteiger partial charge is 0.125 e. The van der Waals surface area contributed by atoms with Gasteiger partial charge in [0.25, 0.3) is 0 Å². The summed E-state index contributed by atoms with van der Waals surface area (Å²) in [7, 11) is -1.68. The monoisotopic (exact) mass is 370 g/mol. The van der Waals surface area contributed by atoms with Gasteiger partial charge in [0, 0.05) is 15.1 Å². The Morgan fingerprint density at radius 1 is 1.00 bits per heavy atom. The standard InChI is InChI=1S/C17H24BrClSi/c1-12(2)20(13(3)4,14(5)6)10-9-15-11-16(19)7-8-17(15)18/h7-8,11-14H,1-6H3. The predicted molar refractivity (Wildman–Crippen MR) is 97.1 cm³/mol. The molecular weight excluding hydrogens is 348 g/mol. The van der Waals surface area contributed by atoms with Crippen LogP contribution in [0.5, 0.6) is 0 Å². The minimum Gasteiger partial charge on any atom is -0.125 e. The quantitative estimate of drug-likeness (QED) is 0.411. The van der Waals surface area contributed by atoms with Gasteiger partial charge in [0.2, 0.25) is 0 Å². The van der Waals surface area contributed by atoms with Crippen molar-refractivity contribution in [1.29, 1.82) is 0 Å². The molecule has 0 unspecified atom stereocenters. The van der Waals surface area contributed by atoms with Crippen LogP contribution in [0.25, 0.3) is 0 Å². The molecule has 0 fully saturated rings. The van der Waals surface area contributed by atoms with E-state index < -0.39 is 8.07 Å². The van der Waals surface area contributed by atoms with Gasteiger partial charge >= 0.3 is 0 Å². The molecule has 0 aromatic heterocycles. The molecule has 0 N–H and O–H groups in total. The third-order valence-electron chi connectivity index (χ3n) is 4.21. The summed E-state index contributed by atoms with van der Waals surface area (Å²) in [4.78, 5) is 0. The third-order valence-corrected chi connectivity index (χ3v) is 11.4. The van der Waals surface area contributed by atoms with Crippen LogP contribution in [0.4, 0.5) is 0 Å². The molecule has 0 atom stereocenters. The van der Waals surface area contributed by atoms with E-state index >= 15 is 0 Å². The summed E-state index contributed by atoms with van der Waals surface area (Å²) >= 11 is 9.64. The van der Waals surface area contributed by atoms with Gasteiger partial charge in [-0.2, -0.15) is 0 Å². The second kappa shape index (κ2) is 7.16. The lowest BCUT2D eigenvalue weighted by Gasteiger charge is -2.38. The van der Waals surface area contributed by atoms with Crippen LogP contribution < -0.4 is 0 Å². The number of benzene rings is 1. The van der Waals surface area contributed by atoms with Crippen molar-refractivity contribution in [2.24, 2.45) is 0 Å². The maximum absolute atomic E-state index is 6.08. The van der Waals surface area contributed by atoms with Crippen LogP contribution in [0.2, 0.25) is 21.6 Å². The SMILES string of the molecule is CC(C)[Si](C#Cc1cc(Cl)ccc1Br)(C(C)C)C(C)C. The van der Waals surface area contributed by atoms with Gasteiger partial charge in [0.15, 0.2) is 0 Å². The van der Waals surface area contributed by atoms with Crippen LogP contribution in [-0.4, -0.2) is 8.07 Å². The molecule has 0 heterocycles. The normalized spacial score (nSPS) is 11.9. The van der Waals surface area contributed by atoms with E-state index in [1.54, 1.807) is 0 Å². The summed E-state index contributed by atoms with van der Waals surface area (Å²) in [6, 6.07) is 5.79. The van der Waals surface area contributed by atoms with Crippen LogP contribution in [-0.2, 0) is 0 Å². The molecule has 0 radical (unpaired) electrons. The van der Waals surface area contributed by atoms with Gasteiger partial charge in [-0.3, -0.25) is 0 Å². The Morgan fingerprint density at radius 2 is 1.50 bits per heavy atom. The zero-order valence-corrected chi connectivity index (χ0v) is 16.6. The molecule has 0 saturated heterocycles. The second-order valence-electron chi connectivity index (χ2n) is 6.27. The van der Waals surface area contributed by atoms with Crippen LogP contribution in [0, 0.1) is 11.5 Å². The molecule has 0 saturated carbocycles. The van der Waals surface area contributed by atoms with Gasteiger partial charge in [0.1, 0.15) is 8.07 Å². The predicted octanol–water partition coefficient (Wildman–Crippen LogP) is 6.67. The Bertz CT molecular complexity index is 502. The van der Waals surface area contributed by atoms with E-state index in [-0.39, 0.29) is 0 Å². The molecule has 1 aromatic carbocycles. The average molecular weight is 372 g/mol. The first-order valence-corrected chi connectivity index (χ1v) is 10.6. The van der Waals surface area contributed by atoms with Crippen molar-refractivity contribution < 1.29 is 0 Å². The number of rotatable bonds is 3. The second-order valence-corrected chi connectivity index (χ2v) is 13.1. The molecule has 0 spiro atoms. The van der Waals surface area contributed by atoms with E-state index in [9.17, 15) is 0 Å². The number of hydrogen-bond donors (Lipinski definition) is 0. The van der Waals surface area contributed by atoms with Crippen molar-refractivity contribution in [3.63, 3.8) is 0 Å². The lowest BCUT2D eigenvalue weighted by Crippen LogP contribution is -2.43. The molecule has 0 amide bonds. The van der Waals surface area contributed by atoms with Gasteiger partial charge in [0.05, 0.1) is 0 Å². The van der Waals surface area contributed by atoms with Crippen LogP contribution in [0.15, 0.2) is 22.7 Å². The summed E-state index contributed by atoms with van der Waals surface area (Å²) in [6.45, 7) is 14.0. The van der Waals surface area contributed by atoms with Gasteiger partial charge in [-0.1, -0.05) is 59.1 Å². The molecule has 0 aliphatic heterocycles. The molecule has 110 valence electrons. The fourth-order valence-electron chi connectivity index (χ4n) is 3.20. The van der Waals surface area contributed by atoms with Crippen LogP contribution in [0.3, 0.4) is 0 Å². The van der Waals surface area contributed by atoms with E-state index in [0.717, 1.165) is 15.1 Å². The van der Waals surface area contributed by atoms with E-state index in [4.69, 9.17) is 11.6 Å². The molecule has 1 rings (SSSR count). The van der Waals surface area contributed by atoms with E-state index in [0.29, 0.717) is 16.6 Å². The summed E-state index contributed by atoms with van der Waals surface area (Å²) < 4.78 is 1.02. The zero-order valence-electron chi connectivity index (χ0n) is 13.2. The molecule has 0 aliphatic carbocycles. The fourth-order valence-corrected chi connectivity index (χ4v) is 8.94. The molecule has 3 heteroatoms. The fraction of sp³-hybridized carbons (Fsp3) is 0.529. The van der Waals surface area contributed by atoms with E-state index in [1.165, 1.54) is 0 Å². The van der Waals surface area contributed by atoms with Crippen molar-refractivity contribution >= 4 is 35.6 Å². The minimum atomic E-state index is -1.68. The van der Waals surface area contributed by atoms with Crippen LogP contribution in [0.1, 0.15) is 47.1 Å². The number of halogens is 2. The Morgan fingerprint density at radius 3 is 1.95 bits per heavy atom. The van der Waals surface area contributed by atoms with Crippen molar-refractivity contribution in [3.05, 3.63) is 33.3 Å². The highest BCUT2D eigenvalue weighted by Gasteiger charge is 2.41. The lowest BCUT2D eigenvalue weighted by molar-refractivity contribution is 0.838. The lowest BCUT2D eigenvalue weighted by atomic mass is 10.2. The molecule has 20 heavy (non-hydrogen) atoms. The highest BCUT2D eigenvalue weighted by Crippen LogP contribution is 2.40. The van der Waals surface area contributed by atoms with E-state index in [2.05, 4.69) is 68.9 Å². The molecule has 0 nitrogen and oxygen atoms in total. The molecule has 0 aliphatic rings. The van der Waals surface area contributed by atoms with Crippen molar-refractivity contribution in [3.8, 4) is 11.5 Å². The molecule has 0 bridgehead atoms. The van der Waals surface area contributed by atoms with Gasteiger partial charge in [-0.15, -0.1) is 5.54 Å². The summed E-state index contributed by atoms with van der Waals surface area (Å²) in [5.74, 6) is 3.42. The molecular formula is C17H24BrClSi. The van der Waals surface area contributed by atoms with Crippen molar-refractivity contribution in [1.82, 2.24) is 0 Å². The van der Waals surface area contributed by atoms with Crippen molar-refractivity contribution in [2.45, 2.75) is 58.2 Å². The Hall–Kier alpha value is -0.233. The summed E-state index contributed by atoms with van der Waals surface area (Å²) in [5, 5.41) is 0.739. The Labute approximate surface area is 138 Å². The maximum Gasteiger partial charge on any atom is 0.146 e. The van der Waals surface area contributed by atoms with E-state index in [1.807, 2.05) is 18.2 Å². The highest BCUT2D eigenvalue weighted by molar-refractivity contribution is 9.10.